The molecule has 106 valence electrons. The van der Waals surface area contributed by atoms with E-state index in [1.807, 2.05) is 0 Å². The van der Waals surface area contributed by atoms with Crippen molar-refractivity contribution in [2.24, 2.45) is 5.73 Å². The van der Waals surface area contributed by atoms with Gasteiger partial charge in [0.25, 0.3) is 6.43 Å². The van der Waals surface area contributed by atoms with Crippen LogP contribution in [0.3, 0.4) is 0 Å². The Balaban J connectivity index is 3.45. The van der Waals surface area contributed by atoms with Crippen LogP contribution in [0.25, 0.3) is 0 Å². The smallest absolute Gasteiger partial charge is 0.478 e. The van der Waals surface area contributed by atoms with E-state index in [1.54, 1.807) is 0 Å². The molecule has 0 fully saturated rings. The Morgan fingerprint density at radius 1 is 1.47 bits per heavy atom. The van der Waals surface area contributed by atoms with Crippen molar-refractivity contribution >= 4 is 5.97 Å². The second kappa shape index (κ2) is 5.34. The third-order valence-corrected chi connectivity index (χ3v) is 2.05. The summed E-state index contributed by atoms with van der Waals surface area (Å²) < 4.78 is 65.1. The molecule has 1 heterocycles. The standard InChI is InChI=1S/C9H7F5N2O3/c10-6(11)5-3(1-15)7(19-9(12,13)14)16-2-4(5)8(17)18/h2,6H,1,15H2,(H,17,18). The average Bonchev–Trinajstić information content (AvgIpc) is 2.25. The molecule has 0 amide bonds. The molecule has 10 heteroatoms. The first-order valence-electron chi connectivity index (χ1n) is 4.66. The second-order valence-electron chi connectivity index (χ2n) is 3.23. The summed E-state index contributed by atoms with van der Waals surface area (Å²) in [7, 11) is 0. The number of carbonyl (C=O) groups is 1. The lowest BCUT2D eigenvalue weighted by atomic mass is 10.0. The van der Waals surface area contributed by atoms with Crippen molar-refractivity contribution in [2.75, 3.05) is 0 Å². The summed E-state index contributed by atoms with van der Waals surface area (Å²) >= 11 is 0. The molecule has 0 aliphatic carbocycles. The van der Waals surface area contributed by atoms with Gasteiger partial charge in [0, 0.05) is 23.9 Å². The zero-order valence-corrected chi connectivity index (χ0v) is 9.04. The fourth-order valence-corrected chi connectivity index (χ4v) is 1.36. The quantitative estimate of drug-likeness (QED) is 0.828. The molecule has 0 bridgehead atoms. The van der Waals surface area contributed by atoms with Gasteiger partial charge in [-0.1, -0.05) is 0 Å². The number of alkyl halides is 5. The Morgan fingerprint density at radius 2 is 2.05 bits per heavy atom. The summed E-state index contributed by atoms with van der Waals surface area (Å²) in [5, 5.41) is 8.68. The molecule has 1 aromatic rings. The number of aromatic carboxylic acids is 1. The van der Waals surface area contributed by atoms with Crippen LogP contribution in [0.1, 0.15) is 27.9 Å². The fraction of sp³-hybridized carbons (Fsp3) is 0.333. The topological polar surface area (TPSA) is 85.4 Å². The SMILES string of the molecule is NCc1c(OC(F)(F)F)ncc(C(=O)O)c1C(F)F. The number of aromatic nitrogens is 1. The normalized spacial score (nSPS) is 11.7. The van der Waals surface area contributed by atoms with E-state index < -0.39 is 47.9 Å². The molecule has 3 N–H and O–H groups in total. The van der Waals surface area contributed by atoms with Crippen LogP contribution in [0.15, 0.2) is 6.20 Å². The summed E-state index contributed by atoms with van der Waals surface area (Å²) in [6.07, 6.45) is -8.12. The third kappa shape index (κ3) is 3.50. The van der Waals surface area contributed by atoms with Gasteiger partial charge in [-0.25, -0.2) is 18.6 Å². The molecule has 0 unspecified atom stereocenters. The lowest BCUT2D eigenvalue weighted by molar-refractivity contribution is -0.276. The van der Waals surface area contributed by atoms with E-state index in [2.05, 4.69) is 9.72 Å². The van der Waals surface area contributed by atoms with Gasteiger partial charge in [-0.05, 0) is 0 Å². The van der Waals surface area contributed by atoms with Gasteiger partial charge in [-0.3, -0.25) is 0 Å². The molecule has 0 radical (unpaired) electrons. The maximum atomic E-state index is 12.8. The minimum Gasteiger partial charge on any atom is -0.478 e. The van der Waals surface area contributed by atoms with E-state index in [4.69, 9.17) is 10.8 Å². The minimum absolute atomic E-state index is 0.365. The van der Waals surface area contributed by atoms with Crippen LogP contribution in [0.5, 0.6) is 5.88 Å². The average molecular weight is 286 g/mol. The minimum atomic E-state index is -5.15. The summed E-state index contributed by atoms with van der Waals surface area (Å²) in [6.45, 7) is -0.779. The van der Waals surface area contributed by atoms with Crippen LogP contribution in [0, 0.1) is 0 Å². The molecule has 0 saturated carbocycles. The van der Waals surface area contributed by atoms with Gasteiger partial charge in [0.1, 0.15) is 0 Å². The van der Waals surface area contributed by atoms with Crippen molar-refractivity contribution in [1.29, 1.82) is 0 Å². The number of hydrogen-bond donors (Lipinski definition) is 2. The summed E-state index contributed by atoms with van der Waals surface area (Å²) in [4.78, 5) is 13.8. The number of carboxylic acid groups (broad SMARTS) is 1. The second-order valence-corrected chi connectivity index (χ2v) is 3.23. The first kappa shape index (κ1) is 15.1. The molecule has 0 spiro atoms. The van der Waals surface area contributed by atoms with Gasteiger partial charge in [-0.2, -0.15) is 0 Å². The third-order valence-electron chi connectivity index (χ3n) is 2.05. The molecule has 0 aliphatic rings. The monoisotopic (exact) mass is 286 g/mol. The molecule has 0 saturated heterocycles. The fourth-order valence-electron chi connectivity index (χ4n) is 1.36. The molecule has 0 atom stereocenters. The zero-order chi connectivity index (χ0) is 14.8. The van der Waals surface area contributed by atoms with Crippen molar-refractivity contribution < 1.29 is 36.6 Å². The number of carboxylic acids is 1. The molecule has 1 rings (SSSR count). The van der Waals surface area contributed by atoms with Gasteiger partial charge in [0.2, 0.25) is 5.88 Å². The number of ether oxygens (including phenoxy) is 1. The largest absolute Gasteiger partial charge is 0.574 e. The molecule has 0 aliphatic heterocycles. The highest BCUT2D eigenvalue weighted by molar-refractivity contribution is 5.89. The van der Waals surface area contributed by atoms with Crippen LogP contribution in [-0.2, 0) is 6.54 Å². The van der Waals surface area contributed by atoms with Crippen molar-refractivity contribution in [3.05, 3.63) is 22.9 Å². The van der Waals surface area contributed by atoms with Crippen molar-refractivity contribution in [3.63, 3.8) is 0 Å². The highest BCUT2D eigenvalue weighted by atomic mass is 19.4. The van der Waals surface area contributed by atoms with E-state index in [-0.39, 0.29) is 0 Å². The lowest BCUT2D eigenvalue weighted by Crippen LogP contribution is -2.21. The maximum Gasteiger partial charge on any atom is 0.574 e. The number of pyridine rings is 1. The summed E-state index contributed by atoms with van der Waals surface area (Å²) in [6, 6.07) is 0. The molecular formula is C9H7F5N2O3. The zero-order valence-electron chi connectivity index (χ0n) is 9.04. The first-order chi connectivity index (χ1) is 8.67. The number of rotatable bonds is 4. The van der Waals surface area contributed by atoms with E-state index in [9.17, 15) is 26.7 Å². The predicted octanol–water partition coefficient (Wildman–Crippen LogP) is 2.07. The molecule has 19 heavy (non-hydrogen) atoms. The van der Waals surface area contributed by atoms with Crippen molar-refractivity contribution in [2.45, 2.75) is 19.3 Å². The van der Waals surface area contributed by atoms with Crippen LogP contribution < -0.4 is 10.5 Å². The number of nitrogens with two attached hydrogens (primary N) is 1. The van der Waals surface area contributed by atoms with Crippen molar-refractivity contribution in [3.8, 4) is 5.88 Å². The van der Waals surface area contributed by atoms with E-state index in [0.717, 1.165) is 0 Å². The van der Waals surface area contributed by atoms with Gasteiger partial charge in [0.05, 0.1) is 5.56 Å². The van der Waals surface area contributed by atoms with Gasteiger partial charge in [-0.15, -0.1) is 13.2 Å². The molecular weight excluding hydrogens is 279 g/mol. The van der Waals surface area contributed by atoms with Crippen LogP contribution >= 0.6 is 0 Å². The number of halogens is 5. The molecule has 1 aromatic heterocycles. The van der Waals surface area contributed by atoms with Gasteiger partial charge < -0.3 is 15.6 Å². The summed E-state index contributed by atoms with van der Waals surface area (Å²) in [5.41, 5.74) is 2.20. The lowest BCUT2D eigenvalue weighted by Gasteiger charge is -2.15. The Morgan fingerprint density at radius 3 is 2.42 bits per heavy atom. The van der Waals surface area contributed by atoms with Crippen LogP contribution in [0.2, 0.25) is 0 Å². The first-order valence-corrected chi connectivity index (χ1v) is 4.66. The Hall–Kier alpha value is -1.97. The Labute approximate surface area is 102 Å². The Kier molecular flexibility index (Phi) is 4.24. The summed E-state index contributed by atoms with van der Waals surface area (Å²) in [5.74, 6) is -2.94. The van der Waals surface area contributed by atoms with Crippen LogP contribution in [0.4, 0.5) is 22.0 Å². The van der Waals surface area contributed by atoms with E-state index in [0.29, 0.717) is 6.20 Å². The van der Waals surface area contributed by atoms with E-state index in [1.165, 1.54) is 0 Å². The van der Waals surface area contributed by atoms with E-state index >= 15 is 0 Å². The Bertz CT molecular complexity index is 489. The van der Waals surface area contributed by atoms with Gasteiger partial charge >= 0.3 is 12.3 Å². The highest BCUT2D eigenvalue weighted by Crippen LogP contribution is 2.33. The van der Waals surface area contributed by atoms with Gasteiger partial charge in [0.15, 0.2) is 0 Å². The molecule has 0 aromatic carbocycles. The number of nitrogens with zero attached hydrogens (tertiary/aromatic N) is 1. The number of hydrogen-bond acceptors (Lipinski definition) is 4. The molecule has 5 nitrogen and oxygen atoms in total. The van der Waals surface area contributed by atoms with Crippen LogP contribution in [-0.4, -0.2) is 22.4 Å². The highest BCUT2D eigenvalue weighted by Gasteiger charge is 2.35. The maximum absolute atomic E-state index is 12.8. The predicted molar refractivity (Wildman–Crippen MR) is 50.7 cm³/mol. The van der Waals surface area contributed by atoms with Crippen molar-refractivity contribution in [1.82, 2.24) is 4.98 Å².